The van der Waals surface area contributed by atoms with E-state index in [1.54, 1.807) is 17.4 Å². The van der Waals surface area contributed by atoms with Crippen molar-refractivity contribution in [1.82, 2.24) is 0 Å². The van der Waals surface area contributed by atoms with Crippen LogP contribution in [0.25, 0.3) is 0 Å². The van der Waals surface area contributed by atoms with Gasteiger partial charge in [-0.3, -0.25) is 0 Å². The first-order valence-electron chi connectivity index (χ1n) is 9.67. The Balaban J connectivity index is 1.59. The van der Waals surface area contributed by atoms with Crippen molar-refractivity contribution >= 4 is 11.3 Å². The number of ether oxygens (including phenoxy) is 1. The van der Waals surface area contributed by atoms with Gasteiger partial charge in [0.25, 0.3) is 0 Å². The summed E-state index contributed by atoms with van der Waals surface area (Å²) in [5.74, 6) is -0.334. The van der Waals surface area contributed by atoms with Crippen molar-refractivity contribution in [2.24, 2.45) is 0 Å². The van der Waals surface area contributed by atoms with E-state index in [0.717, 1.165) is 17.7 Å². The van der Waals surface area contributed by atoms with Crippen molar-refractivity contribution in [2.45, 2.75) is 62.6 Å². The summed E-state index contributed by atoms with van der Waals surface area (Å²) in [5, 5.41) is 39.7. The predicted molar refractivity (Wildman–Crippen MR) is 103 cm³/mol. The van der Waals surface area contributed by atoms with Crippen LogP contribution in [0.1, 0.15) is 45.4 Å². The number of hydrogen-bond acceptors (Lipinski definition) is 6. The molecule has 152 valence electrons. The Labute approximate surface area is 167 Å². The van der Waals surface area contributed by atoms with E-state index >= 15 is 0 Å². The van der Waals surface area contributed by atoms with E-state index in [2.05, 4.69) is 6.07 Å². The molecule has 0 radical (unpaired) electrons. The number of halogens is 1. The van der Waals surface area contributed by atoms with Crippen molar-refractivity contribution in [2.75, 3.05) is 6.61 Å². The van der Waals surface area contributed by atoms with Crippen LogP contribution in [0.3, 0.4) is 0 Å². The SMILES string of the molecule is OC[C@H]1O[C@@H](c2ccc(F)c(Cc3cc4c(s3)CCCC4)c2)[C@H](O)[C@@H](O)[C@@H]1O. The molecule has 2 aliphatic rings. The number of fused-ring (bicyclic) bond motifs is 1. The maximum atomic E-state index is 14.5. The summed E-state index contributed by atoms with van der Waals surface area (Å²) >= 11 is 1.73. The van der Waals surface area contributed by atoms with Crippen LogP contribution in [-0.2, 0) is 24.0 Å². The maximum Gasteiger partial charge on any atom is 0.126 e. The molecule has 4 N–H and O–H groups in total. The predicted octanol–water partition coefficient (Wildman–Crippen LogP) is 1.87. The highest BCUT2D eigenvalue weighted by Crippen LogP contribution is 2.35. The monoisotopic (exact) mass is 408 g/mol. The fourth-order valence-electron chi connectivity index (χ4n) is 4.11. The Morgan fingerprint density at radius 1 is 1.04 bits per heavy atom. The highest BCUT2D eigenvalue weighted by atomic mass is 32.1. The van der Waals surface area contributed by atoms with Gasteiger partial charge in [-0.25, -0.2) is 4.39 Å². The van der Waals surface area contributed by atoms with Crippen molar-refractivity contribution < 1.29 is 29.6 Å². The van der Waals surface area contributed by atoms with Crippen LogP contribution in [0.4, 0.5) is 4.39 Å². The van der Waals surface area contributed by atoms with Crippen molar-refractivity contribution in [1.29, 1.82) is 0 Å². The van der Waals surface area contributed by atoms with Gasteiger partial charge in [0.1, 0.15) is 36.3 Å². The molecule has 0 unspecified atom stereocenters. The van der Waals surface area contributed by atoms with Crippen molar-refractivity contribution in [3.05, 3.63) is 56.5 Å². The second-order valence-corrected chi connectivity index (χ2v) is 8.87. The maximum absolute atomic E-state index is 14.5. The zero-order valence-electron chi connectivity index (χ0n) is 15.4. The first-order valence-corrected chi connectivity index (χ1v) is 10.5. The number of benzene rings is 1. The van der Waals surface area contributed by atoms with Gasteiger partial charge in [-0.15, -0.1) is 11.3 Å². The second-order valence-electron chi connectivity index (χ2n) is 7.65. The minimum Gasteiger partial charge on any atom is -0.394 e. The summed E-state index contributed by atoms with van der Waals surface area (Å²) in [6.07, 6.45) is -1.14. The molecule has 7 heteroatoms. The summed E-state index contributed by atoms with van der Waals surface area (Å²) in [5.41, 5.74) is 2.37. The minimum atomic E-state index is -1.45. The van der Waals surface area contributed by atoms with Crippen LogP contribution in [0.5, 0.6) is 0 Å². The summed E-state index contributed by atoms with van der Waals surface area (Å²) in [6, 6.07) is 6.64. The van der Waals surface area contributed by atoms with Crippen LogP contribution in [0, 0.1) is 5.82 Å². The van der Waals surface area contributed by atoms with E-state index in [9.17, 15) is 24.8 Å². The highest BCUT2D eigenvalue weighted by Gasteiger charge is 2.44. The molecule has 28 heavy (non-hydrogen) atoms. The summed E-state index contributed by atoms with van der Waals surface area (Å²) in [6.45, 7) is -0.490. The number of rotatable bonds is 4. The van der Waals surface area contributed by atoms with E-state index in [0.29, 0.717) is 17.5 Å². The van der Waals surface area contributed by atoms with Crippen LogP contribution in [0.15, 0.2) is 24.3 Å². The lowest BCUT2D eigenvalue weighted by molar-refractivity contribution is -0.231. The summed E-state index contributed by atoms with van der Waals surface area (Å²) < 4.78 is 20.1. The molecule has 1 aliphatic heterocycles. The lowest BCUT2D eigenvalue weighted by atomic mass is 9.90. The first kappa shape index (κ1) is 19.9. The summed E-state index contributed by atoms with van der Waals surface area (Å²) in [7, 11) is 0. The van der Waals surface area contributed by atoms with Crippen LogP contribution >= 0.6 is 11.3 Å². The highest BCUT2D eigenvalue weighted by molar-refractivity contribution is 7.12. The number of aliphatic hydroxyl groups excluding tert-OH is 4. The topological polar surface area (TPSA) is 90.2 Å². The summed E-state index contributed by atoms with van der Waals surface area (Å²) in [4.78, 5) is 2.50. The largest absolute Gasteiger partial charge is 0.394 e. The number of thiophene rings is 1. The van der Waals surface area contributed by atoms with E-state index in [1.165, 1.54) is 35.4 Å². The lowest BCUT2D eigenvalue weighted by Gasteiger charge is -2.40. The molecule has 2 aromatic rings. The van der Waals surface area contributed by atoms with Gasteiger partial charge in [0.05, 0.1) is 6.61 Å². The van der Waals surface area contributed by atoms with E-state index in [1.807, 2.05) is 0 Å². The number of aryl methyl sites for hydroxylation is 2. The van der Waals surface area contributed by atoms with E-state index in [-0.39, 0.29) is 5.82 Å². The Morgan fingerprint density at radius 2 is 1.82 bits per heavy atom. The van der Waals surface area contributed by atoms with Gasteiger partial charge in [-0.05, 0) is 60.6 Å². The number of aliphatic hydroxyl groups is 4. The van der Waals surface area contributed by atoms with E-state index in [4.69, 9.17) is 4.74 Å². The fraction of sp³-hybridized carbons (Fsp3) is 0.524. The Bertz CT molecular complexity index is 813. The Hall–Kier alpha value is -1.35. The molecular weight excluding hydrogens is 383 g/mol. The van der Waals surface area contributed by atoms with E-state index < -0.39 is 37.1 Å². The van der Waals surface area contributed by atoms with Gasteiger partial charge in [-0.2, -0.15) is 0 Å². The second kappa shape index (κ2) is 8.18. The zero-order valence-corrected chi connectivity index (χ0v) is 16.2. The van der Waals surface area contributed by atoms with Crippen LogP contribution in [-0.4, -0.2) is 51.4 Å². The average Bonchev–Trinajstić information content (AvgIpc) is 3.11. The lowest BCUT2D eigenvalue weighted by Crippen LogP contribution is -2.55. The molecule has 5 nitrogen and oxygen atoms in total. The van der Waals surface area contributed by atoms with Crippen molar-refractivity contribution in [3.63, 3.8) is 0 Å². The quantitative estimate of drug-likeness (QED) is 0.620. The molecule has 1 aromatic heterocycles. The molecule has 0 bridgehead atoms. The van der Waals surface area contributed by atoms with Gasteiger partial charge in [-0.1, -0.05) is 6.07 Å². The standard InChI is InChI=1S/C21H25FO5S/c22-15-6-5-12(21-20(26)19(25)18(24)16(10-23)27-21)7-13(15)9-14-8-11-3-1-2-4-17(11)28-14/h5-8,16,18-21,23-26H,1-4,9-10H2/t16-,18-,19+,20-,21+/m1/s1. The molecular formula is C21H25FO5S. The van der Waals surface area contributed by atoms with Gasteiger partial charge >= 0.3 is 0 Å². The first-order chi connectivity index (χ1) is 13.5. The van der Waals surface area contributed by atoms with Gasteiger partial charge in [0.2, 0.25) is 0 Å². The normalized spacial score (nSPS) is 30.2. The minimum absolute atomic E-state index is 0.334. The molecule has 1 aromatic carbocycles. The fourth-order valence-corrected chi connectivity index (χ4v) is 5.40. The molecule has 5 atom stereocenters. The van der Waals surface area contributed by atoms with Crippen molar-refractivity contribution in [3.8, 4) is 0 Å². The van der Waals surface area contributed by atoms with Crippen LogP contribution in [0.2, 0.25) is 0 Å². The van der Waals surface area contributed by atoms with Gasteiger partial charge in [0, 0.05) is 16.2 Å². The third-order valence-corrected chi connectivity index (χ3v) is 6.94. The third-order valence-electron chi connectivity index (χ3n) is 5.70. The molecule has 1 fully saturated rings. The molecule has 0 saturated carbocycles. The van der Waals surface area contributed by atoms with Gasteiger partial charge in [0.15, 0.2) is 0 Å². The molecule has 1 aliphatic carbocycles. The molecule has 2 heterocycles. The molecule has 4 rings (SSSR count). The Morgan fingerprint density at radius 3 is 2.57 bits per heavy atom. The van der Waals surface area contributed by atoms with Gasteiger partial charge < -0.3 is 25.2 Å². The molecule has 0 spiro atoms. The average molecular weight is 408 g/mol. The molecule has 1 saturated heterocycles. The zero-order chi connectivity index (χ0) is 19.8. The smallest absolute Gasteiger partial charge is 0.126 e. The molecule has 0 amide bonds. The Kier molecular flexibility index (Phi) is 5.83. The van der Waals surface area contributed by atoms with Crippen LogP contribution < -0.4 is 0 Å². The third kappa shape index (κ3) is 3.75. The number of hydrogen-bond donors (Lipinski definition) is 4.